The van der Waals surface area contributed by atoms with Crippen LogP contribution >= 0.6 is 22.6 Å². The molecule has 0 bridgehead atoms. The zero-order valence-electron chi connectivity index (χ0n) is 8.66. The number of hydrogen-bond acceptors (Lipinski definition) is 4. The second-order valence-electron chi connectivity index (χ2n) is 3.74. The van der Waals surface area contributed by atoms with E-state index in [0.29, 0.717) is 18.3 Å². The van der Waals surface area contributed by atoms with Crippen molar-refractivity contribution in [1.82, 2.24) is 9.97 Å². The number of hydrogen-bond donors (Lipinski definition) is 1. The van der Waals surface area contributed by atoms with Crippen LogP contribution < -0.4 is 5.73 Å². The van der Waals surface area contributed by atoms with Crippen molar-refractivity contribution in [3.63, 3.8) is 0 Å². The van der Waals surface area contributed by atoms with E-state index in [2.05, 4.69) is 32.6 Å². The molecule has 0 radical (unpaired) electrons. The van der Waals surface area contributed by atoms with E-state index in [9.17, 15) is 0 Å². The number of nitrogens with two attached hydrogens (primary N) is 1. The van der Waals surface area contributed by atoms with Gasteiger partial charge in [0.1, 0.15) is 11.6 Å². The molecule has 0 saturated heterocycles. The van der Waals surface area contributed by atoms with Gasteiger partial charge in [-0.2, -0.15) is 0 Å². The average molecular weight is 319 g/mol. The monoisotopic (exact) mass is 319 g/mol. The molecule has 1 heterocycles. The fraction of sp³-hybridized carbons (Fsp3) is 0.600. The summed E-state index contributed by atoms with van der Waals surface area (Å²) in [6, 6.07) is 0. The Kier molecular flexibility index (Phi) is 3.40. The second-order valence-corrected chi connectivity index (χ2v) is 4.82. The molecular weight excluding hydrogens is 305 g/mol. The summed E-state index contributed by atoms with van der Waals surface area (Å²) in [5, 5.41) is 0. The van der Waals surface area contributed by atoms with Crippen molar-refractivity contribution in [3.8, 4) is 0 Å². The van der Waals surface area contributed by atoms with Gasteiger partial charge >= 0.3 is 0 Å². The van der Waals surface area contributed by atoms with E-state index in [1.54, 1.807) is 7.11 Å². The average Bonchev–Trinajstić information content (AvgIpc) is 3.03. The molecule has 1 aromatic heterocycles. The zero-order valence-corrected chi connectivity index (χ0v) is 10.8. The number of anilines is 1. The van der Waals surface area contributed by atoms with Crippen LogP contribution in [0.1, 0.15) is 30.3 Å². The Morgan fingerprint density at radius 3 is 2.80 bits per heavy atom. The lowest BCUT2D eigenvalue weighted by molar-refractivity contribution is 0.200. The number of halogens is 1. The fourth-order valence-electron chi connectivity index (χ4n) is 1.46. The summed E-state index contributed by atoms with van der Waals surface area (Å²) in [6.07, 6.45) is 3.20. The first-order valence-corrected chi connectivity index (χ1v) is 6.11. The number of rotatable bonds is 4. The Morgan fingerprint density at radius 1 is 1.47 bits per heavy atom. The van der Waals surface area contributed by atoms with Crippen molar-refractivity contribution in [2.24, 2.45) is 0 Å². The molecule has 2 N–H and O–H groups in total. The van der Waals surface area contributed by atoms with Crippen LogP contribution in [0, 0.1) is 3.57 Å². The van der Waals surface area contributed by atoms with Crippen LogP contribution in [0.5, 0.6) is 0 Å². The molecule has 5 heteroatoms. The highest BCUT2D eigenvalue weighted by atomic mass is 127. The number of aromatic nitrogens is 2. The highest BCUT2D eigenvalue weighted by molar-refractivity contribution is 14.1. The van der Waals surface area contributed by atoms with Gasteiger partial charge in [-0.1, -0.05) is 0 Å². The van der Waals surface area contributed by atoms with Crippen molar-refractivity contribution < 1.29 is 4.74 Å². The molecule has 0 spiro atoms. The van der Waals surface area contributed by atoms with Gasteiger partial charge < -0.3 is 10.5 Å². The van der Waals surface area contributed by atoms with Crippen molar-refractivity contribution >= 4 is 28.4 Å². The van der Waals surface area contributed by atoms with Crippen LogP contribution in [0.2, 0.25) is 0 Å². The van der Waals surface area contributed by atoms with Crippen molar-refractivity contribution in [2.75, 3.05) is 19.5 Å². The Bertz CT molecular complexity index is 366. The molecule has 0 aromatic carbocycles. The van der Waals surface area contributed by atoms with Crippen LogP contribution in [0.25, 0.3) is 0 Å². The minimum atomic E-state index is 0.610. The van der Waals surface area contributed by atoms with Gasteiger partial charge in [0.05, 0.1) is 15.9 Å². The second kappa shape index (κ2) is 4.61. The molecule has 1 aromatic rings. The molecule has 1 saturated carbocycles. The third-order valence-corrected chi connectivity index (χ3v) is 3.55. The topological polar surface area (TPSA) is 61.0 Å². The molecule has 2 rings (SSSR count). The number of methoxy groups -OCH3 is 1. The number of ether oxygens (including phenoxy) is 1. The van der Waals surface area contributed by atoms with E-state index >= 15 is 0 Å². The first-order valence-electron chi connectivity index (χ1n) is 5.03. The minimum Gasteiger partial charge on any atom is -0.384 e. The van der Waals surface area contributed by atoms with Crippen molar-refractivity contribution in [3.05, 3.63) is 15.1 Å². The maximum atomic E-state index is 5.86. The Hall–Kier alpha value is -0.430. The molecule has 1 aliphatic rings. The summed E-state index contributed by atoms with van der Waals surface area (Å²) >= 11 is 2.23. The van der Waals surface area contributed by atoms with Gasteiger partial charge in [0, 0.05) is 19.4 Å². The van der Waals surface area contributed by atoms with Crippen LogP contribution in [-0.2, 0) is 11.2 Å². The maximum absolute atomic E-state index is 5.86. The molecule has 4 nitrogen and oxygen atoms in total. The van der Waals surface area contributed by atoms with Crippen LogP contribution in [0.4, 0.5) is 5.82 Å². The standard InChI is InChI=1S/C10H14IN3O/c1-15-5-4-7-13-9(6-2-3-6)8(11)10(12)14-7/h6H,2-5H2,1H3,(H2,12,13,14). The summed E-state index contributed by atoms with van der Waals surface area (Å²) in [6.45, 7) is 0.643. The van der Waals surface area contributed by atoms with Crippen LogP contribution in [0.15, 0.2) is 0 Å². The van der Waals surface area contributed by atoms with Crippen LogP contribution in [0.3, 0.4) is 0 Å². The van der Waals surface area contributed by atoms with Gasteiger partial charge in [-0.15, -0.1) is 0 Å². The molecule has 82 valence electrons. The largest absolute Gasteiger partial charge is 0.384 e. The zero-order chi connectivity index (χ0) is 10.8. The van der Waals surface area contributed by atoms with Crippen molar-refractivity contribution in [2.45, 2.75) is 25.2 Å². The Morgan fingerprint density at radius 2 is 2.20 bits per heavy atom. The molecular formula is C10H14IN3O. The van der Waals surface area contributed by atoms with Crippen molar-refractivity contribution in [1.29, 1.82) is 0 Å². The SMILES string of the molecule is COCCc1nc(N)c(I)c(C2CC2)n1. The van der Waals surface area contributed by atoms with Crippen LogP contribution in [-0.4, -0.2) is 23.7 Å². The molecule has 0 unspecified atom stereocenters. The highest BCUT2D eigenvalue weighted by Crippen LogP contribution is 2.41. The molecule has 0 aliphatic heterocycles. The molecule has 0 amide bonds. The normalized spacial score (nSPS) is 15.6. The minimum absolute atomic E-state index is 0.610. The van der Waals surface area contributed by atoms with E-state index in [4.69, 9.17) is 10.5 Å². The summed E-state index contributed by atoms with van der Waals surface area (Å²) in [7, 11) is 1.68. The number of nitrogens with zero attached hydrogens (tertiary/aromatic N) is 2. The smallest absolute Gasteiger partial charge is 0.140 e. The predicted octanol–water partition coefficient (Wildman–Crippen LogP) is 1.73. The first-order chi connectivity index (χ1) is 7.22. The summed E-state index contributed by atoms with van der Waals surface area (Å²) < 4.78 is 6.03. The highest BCUT2D eigenvalue weighted by Gasteiger charge is 2.28. The van der Waals surface area contributed by atoms with E-state index in [0.717, 1.165) is 21.5 Å². The third-order valence-electron chi connectivity index (χ3n) is 2.44. The van der Waals surface area contributed by atoms with Gasteiger partial charge in [0.25, 0.3) is 0 Å². The lowest BCUT2D eigenvalue weighted by Gasteiger charge is -2.07. The summed E-state index contributed by atoms with van der Waals surface area (Å²) in [5.74, 6) is 2.03. The van der Waals surface area contributed by atoms with Gasteiger partial charge in [0.2, 0.25) is 0 Å². The Labute approximate surface area is 103 Å². The van der Waals surface area contributed by atoms with E-state index in [-0.39, 0.29) is 0 Å². The number of nitrogen functional groups attached to an aromatic ring is 1. The molecule has 1 fully saturated rings. The van der Waals surface area contributed by atoms with E-state index in [1.807, 2.05) is 0 Å². The van der Waals surface area contributed by atoms with Gasteiger partial charge in [-0.05, 0) is 35.4 Å². The van der Waals surface area contributed by atoms with E-state index < -0.39 is 0 Å². The maximum Gasteiger partial charge on any atom is 0.140 e. The van der Waals surface area contributed by atoms with Gasteiger partial charge in [-0.3, -0.25) is 0 Å². The molecule has 0 atom stereocenters. The lowest BCUT2D eigenvalue weighted by Crippen LogP contribution is -2.08. The molecule has 1 aliphatic carbocycles. The third kappa shape index (κ3) is 2.57. The van der Waals surface area contributed by atoms with Gasteiger partial charge in [-0.25, -0.2) is 9.97 Å². The molecule has 15 heavy (non-hydrogen) atoms. The predicted molar refractivity (Wildman–Crippen MR) is 66.7 cm³/mol. The fourth-order valence-corrected chi connectivity index (χ4v) is 2.15. The summed E-state index contributed by atoms with van der Waals surface area (Å²) in [5.41, 5.74) is 6.99. The Balaban J connectivity index is 2.24. The summed E-state index contributed by atoms with van der Waals surface area (Å²) in [4.78, 5) is 8.81. The van der Waals surface area contributed by atoms with Gasteiger partial charge in [0.15, 0.2) is 0 Å². The lowest BCUT2D eigenvalue weighted by atomic mass is 10.2. The van der Waals surface area contributed by atoms with E-state index in [1.165, 1.54) is 12.8 Å². The first kappa shape index (κ1) is 11.1. The quantitative estimate of drug-likeness (QED) is 0.859.